The molecule has 0 unspecified atom stereocenters. The quantitative estimate of drug-likeness (QED) is 0.778. The average molecular weight is 332 g/mol. The minimum absolute atomic E-state index is 0.0834. The molecule has 1 heterocycles. The molecule has 1 spiro atoms. The van der Waals surface area contributed by atoms with E-state index in [0.29, 0.717) is 19.8 Å². The molecular formula is C19H28N2O3. The Kier molecular flexibility index (Phi) is 5.87. The van der Waals surface area contributed by atoms with Crippen LogP contribution in [0.25, 0.3) is 0 Å². The van der Waals surface area contributed by atoms with E-state index in [1.807, 2.05) is 6.07 Å². The van der Waals surface area contributed by atoms with Crippen molar-refractivity contribution in [2.75, 3.05) is 33.4 Å². The predicted molar refractivity (Wildman–Crippen MR) is 92.4 cm³/mol. The van der Waals surface area contributed by atoms with Crippen molar-refractivity contribution in [3.63, 3.8) is 0 Å². The first-order valence-corrected chi connectivity index (χ1v) is 8.98. The summed E-state index contributed by atoms with van der Waals surface area (Å²) in [6, 6.07) is 10.4. The highest BCUT2D eigenvalue weighted by Crippen LogP contribution is 2.42. The number of carbonyl (C=O) groups excluding carboxylic acids is 1. The lowest BCUT2D eigenvalue weighted by Gasteiger charge is -2.28. The molecule has 1 aromatic carbocycles. The Balaban J connectivity index is 1.36. The average Bonchev–Trinajstić information content (AvgIpc) is 3.23. The number of carbonyl (C=O) groups is 1. The lowest BCUT2D eigenvalue weighted by molar-refractivity contribution is -0.186. The lowest BCUT2D eigenvalue weighted by atomic mass is 10.0. The van der Waals surface area contributed by atoms with Gasteiger partial charge in [-0.25, -0.2) is 0 Å². The van der Waals surface area contributed by atoms with E-state index in [1.165, 1.54) is 5.56 Å². The molecule has 1 aliphatic heterocycles. The van der Waals surface area contributed by atoms with Crippen LogP contribution in [0.1, 0.15) is 31.2 Å². The summed E-state index contributed by atoms with van der Waals surface area (Å²) in [7, 11) is 2.11. The highest BCUT2D eigenvalue weighted by Gasteiger charge is 2.51. The second kappa shape index (κ2) is 8.10. The Labute approximate surface area is 144 Å². The molecule has 3 rings (SSSR count). The van der Waals surface area contributed by atoms with Crippen molar-refractivity contribution >= 4 is 5.91 Å². The van der Waals surface area contributed by atoms with Gasteiger partial charge in [0, 0.05) is 19.5 Å². The van der Waals surface area contributed by atoms with Crippen molar-refractivity contribution < 1.29 is 14.3 Å². The first-order chi connectivity index (χ1) is 11.7. The molecule has 1 aliphatic carbocycles. The predicted octanol–water partition coefficient (Wildman–Crippen LogP) is 2.17. The summed E-state index contributed by atoms with van der Waals surface area (Å²) < 4.78 is 11.5. The lowest BCUT2D eigenvalue weighted by Crippen LogP contribution is -2.44. The molecule has 24 heavy (non-hydrogen) atoms. The van der Waals surface area contributed by atoms with E-state index < -0.39 is 5.79 Å². The molecule has 1 N–H and O–H groups in total. The maximum Gasteiger partial charge on any atom is 0.228 e. The number of rotatable bonds is 7. The number of benzene rings is 1. The molecule has 2 aliphatic rings. The van der Waals surface area contributed by atoms with Crippen LogP contribution in [0.5, 0.6) is 0 Å². The number of nitrogens with one attached hydrogen (secondary N) is 1. The standard InChI is InChI=1S/C19H28N2O3/c1-21(15-16-7-3-2-4-8-16)12-6-11-20-18(22)17-9-5-10-19(17)23-13-14-24-19/h2-4,7-8,17H,5-6,9-15H2,1H3,(H,20,22)/t17-/m1/s1. The molecule has 1 amide bonds. The van der Waals surface area contributed by atoms with E-state index >= 15 is 0 Å². The number of ether oxygens (including phenoxy) is 2. The molecule has 0 aromatic heterocycles. The summed E-state index contributed by atoms with van der Waals surface area (Å²) in [6.07, 6.45) is 3.64. The second-order valence-corrected chi connectivity index (χ2v) is 6.82. The first-order valence-electron chi connectivity index (χ1n) is 8.98. The summed E-state index contributed by atoms with van der Waals surface area (Å²) >= 11 is 0. The molecular weight excluding hydrogens is 304 g/mol. The molecule has 1 saturated heterocycles. The normalized spacial score (nSPS) is 22.3. The molecule has 5 heteroatoms. The van der Waals surface area contributed by atoms with Gasteiger partial charge in [0.05, 0.1) is 19.1 Å². The van der Waals surface area contributed by atoms with Gasteiger partial charge >= 0.3 is 0 Å². The van der Waals surface area contributed by atoms with Gasteiger partial charge in [-0.15, -0.1) is 0 Å². The maximum absolute atomic E-state index is 12.5. The fourth-order valence-corrected chi connectivity index (χ4v) is 3.75. The molecule has 1 aromatic rings. The third kappa shape index (κ3) is 4.15. The van der Waals surface area contributed by atoms with Gasteiger partial charge in [-0.05, 0) is 38.4 Å². The van der Waals surface area contributed by atoms with E-state index in [1.54, 1.807) is 0 Å². The van der Waals surface area contributed by atoms with Gasteiger partial charge in [0.2, 0.25) is 5.91 Å². The number of amides is 1. The number of nitrogens with zero attached hydrogens (tertiary/aromatic N) is 1. The minimum atomic E-state index is -0.631. The summed E-state index contributed by atoms with van der Waals surface area (Å²) in [4.78, 5) is 14.7. The topological polar surface area (TPSA) is 50.8 Å². The minimum Gasteiger partial charge on any atom is -0.356 e. The van der Waals surface area contributed by atoms with Crippen molar-refractivity contribution in [3.05, 3.63) is 35.9 Å². The molecule has 1 atom stereocenters. The summed E-state index contributed by atoms with van der Waals surface area (Å²) in [5, 5.41) is 3.07. The van der Waals surface area contributed by atoms with Gasteiger partial charge in [0.15, 0.2) is 5.79 Å². The Hall–Kier alpha value is -1.43. The number of hydrogen-bond donors (Lipinski definition) is 1. The monoisotopic (exact) mass is 332 g/mol. The van der Waals surface area contributed by atoms with Crippen LogP contribution in [0.3, 0.4) is 0 Å². The van der Waals surface area contributed by atoms with Gasteiger partial charge in [-0.2, -0.15) is 0 Å². The highest BCUT2D eigenvalue weighted by atomic mass is 16.7. The fraction of sp³-hybridized carbons (Fsp3) is 0.632. The van der Waals surface area contributed by atoms with Gasteiger partial charge in [0.1, 0.15) is 0 Å². The van der Waals surface area contributed by atoms with Crippen LogP contribution >= 0.6 is 0 Å². The van der Waals surface area contributed by atoms with Crippen molar-refractivity contribution in [1.82, 2.24) is 10.2 Å². The van der Waals surface area contributed by atoms with Gasteiger partial charge in [-0.3, -0.25) is 4.79 Å². The molecule has 0 bridgehead atoms. The molecule has 2 fully saturated rings. The smallest absolute Gasteiger partial charge is 0.228 e. The van der Waals surface area contributed by atoms with Crippen LogP contribution in [-0.4, -0.2) is 49.9 Å². The van der Waals surface area contributed by atoms with Crippen molar-refractivity contribution in [1.29, 1.82) is 0 Å². The third-order valence-electron chi connectivity index (χ3n) is 4.95. The second-order valence-electron chi connectivity index (χ2n) is 6.82. The summed E-state index contributed by atoms with van der Waals surface area (Å²) in [6.45, 7) is 3.80. The van der Waals surface area contributed by atoms with Crippen molar-refractivity contribution in [2.24, 2.45) is 5.92 Å². The Morgan fingerprint density at radius 1 is 1.29 bits per heavy atom. The van der Waals surface area contributed by atoms with Crippen LogP contribution in [0.15, 0.2) is 30.3 Å². The molecule has 132 valence electrons. The summed E-state index contributed by atoms with van der Waals surface area (Å²) in [5.41, 5.74) is 1.31. The van der Waals surface area contributed by atoms with Gasteiger partial charge < -0.3 is 19.7 Å². The molecule has 0 radical (unpaired) electrons. The SMILES string of the molecule is CN(CCCNC(=O)[C@H]1CCCC12OCCO2)Cc1ccccc1. The van der Waals surface area contributed by atoms with E-state index in [-0.39, 0.29) is 11.8 Å². The Morgan fingerprint density at radius 2 is 2.04 bits per heavy atom. The zero-order valence-electron chi connectivity index (χ0n) is 14.5. The zero-order chi connectivity index (χ0) is 16.8. The Morgan fingerprint density at radius 3 is 2.79 bits per heavy atom. The van der Waals surface area contributed by atoms with Crippen LogP contribution in [0, 0.1) is 5.92 Å². The number of hydrogen-bond acceptors (Lipinski definition) is 4. The van der Waals surface area contributed by atoms with Crippen LogP contribution < -0.4 is 5.32 Å². The van der Waals surface area contributed by atoms with E-state index in [2.05, 4.69) is 41.5 Å². The zero-order valence-corrected chi connectivity index (χ0v) is 14.5. The van der Waals surface area contributed by atoms with Gasteiger partial charge in [0.25, 0.3) is 0 Å². The maximum atomic E-state index is 12.5. The van der Waals surface area contributed by atoms with E-state index in [0.717, 1.165) is 38.8 Å². The van der Waals surface area contributed by atoms with Gasteiger partial charge in [-0.1, -0.05) is 30.3 Å². The van der Waals surface area contributed by atoms with E-state index in [9.17, 15) is 4.79 Å². The third-order valence-corrected chi connectivity index (χ3v) is 4.95. The van der Waals surface area contributed by atoms with Crippen LogP contribution in [-0.2, 0) is 20.8 Å². The highest BCUT2D eigenvalue weighted by molar-refractivity contribution is 5.80. The first kappa shape index (κ1) is 17.4. The van der Waals surface area contributed by atoms with Crippen molar-refractivity contribution in [2.45, 2.75) is 38.0 Å². The fourth-order valence-electron chi connectivity index (χ4n) is 3.75. The largest absolute Gasteiger partial charge is 0.356 e. The molecule has 1 saturated carbocycles. The summed E-state index contributed by atoms with van der Waals surface area (Å²) in [5.74, 6) is -0.698. The Bertz CT molecular complexity index is 523. The van der Waals surface area contributed by atoms with Crippen LogP contribution in [0.4, 0.5) is 0 Å². The van der Waals surface area contributed by atoms with Crippen LogP contribution in [0.2, 0.25) is 0 Å². The van der Waals surface area contributed by atoms with Crippen molar-refractivity contribution in [3.8, 4) is 0 Å². The molecule has 5 nitrogen and oxygen atoms in total. The van der Waals surface area contributed by atoms with E-state index in [4.69, 9.17) is 9.47 Å².